The van der Waals surface area contributed by atoms with E-state index in [4.69, 9.17) is 5.21 Å². The summed E-state index contributed by atoms with van der Waals surface area (Å²) in [6, 6.07) is 8.01. The van der Waals surface area contributed by atoms with Crippen molar-refractivity contribution in [3.8, 4) is 0 Å². The smallest absolute Gasteiger partial charge is 0.364 e. The molecule has 4 heterocycles. The zero-order chi connectivity index (χ0) is 21.8. The molecule has 2 aliphatic heterocycles. The Kier molecular flexibility index (Phi) is 4.43. The Morgan fingerprint density at radius 3 is 2.42 bits per heavy atom. The second-order valence-corrected chi connectivity index (χ2v) is 7.60. The number of hydrogen-bond donors (Lipinski definition) is 2. The van der Waals surface area contributed by atoms with Gasteiger partial charge in [-0.15, -0.1) is 0 Å². The van der Waals surface area contributed by atoms with Crippen LogP contribution in [0.25, 0.3) is 10.9 Å². The summed E-state index contributed by atoms with van der Waals surface area (Å²) in [6.45, 7) is 1.08. The molecule has 11 heteroatoms. The van der Waals surface area contributed by atoms with Crippen molar-refractivity contribution in [3.05, 3.63) is 54.0 Å². The number of fused-ring (bicyclic) bond motifs is 3. The van der Waals surface area contributed by atoms with Gasteiger partial charge in [0.05, 0.1) is 17.1 Å². The zero-order valence-electron chi connectivity index (χ0n) is 16.0. The fourth-order valence-corrected chi connectivity index (χ4v) is 4.40. The van der Waals surface area contributed by atoms with Crippen molar-refractivity contribution in [3.63, 3.8) is 0 Å². The second kappa shape index (κ2) is 7.05. The lowest BCUT2D eigenvalue weighted by molar-refractivity contribution is -0.140. The Bertz CT molecular complexity index is 1150. The number of aromatic nitrogens is 3. The molecule has 5 rings (SSSR count). The summed E-state index contributed by atoms with van der Waals surface area (Å²) in [5, 5.41) is 9.38. The molecular weight excluding hydrogens is 413 g/mol. The molecule has 2 N–H and O–H groups in total. The average molecular weight is 430 g/mol. The lowest BCUT2D eigenvalue weighted by Crippen LogP contribution is -2.47. The number of rotatable bonds is 3. The lowest BCUT2D eigenvalue weighted by Gasteiger charge is -2.36. The van der Waals surface area contributed by atoms with Crippen LogP contribution in [0.3, 0.4) is 0 Å². The maximum absolute atomic E-state index is 13.4. The van der Waals surface area contributed by atoms with Crippen molar-refractivity contribution in [1.82, 2.24) is 20.4 Å². The second-order valence-electron chi connectivity index (χ2n) is 7.60. The number of alkyl halides is 3. The molecule has 2 aromatic heterocycles. The molecule has 2 atom stereocenters. The van der Waals surface area contributed by atoms with E-state index in [0.29, 0.717) is 35.6 Å². The van der Waals surface area contributed by atoms with Gasteiger partial charge in [-0.25, -0.2) is 20.4 Å². The fraction of sp³-hybridized carbons (Fsp3) is 0.300. The number of anilines is 2. The molecule has 1 aromatic carbocycles. The molecule has 8 nitrogen and oxygen atoms in total. The first-order chi connectivity index (χ1) is 14.8. The number of nitrogens with zero attached hydrogens (tertiary/aromatic N) is 5. The molecule has 0 saturated carbocycles. The van der Waals surface area contributed by atoms with E-state index >= 15 is 0 Å². The highest BCUT2D eigenvalue weighted by molar-refractivity contribution is 5.93. The number of halogens is 3. The van der Waals surface area contributed by atoms with E-state index in [2.05, 4.69) is 15.0 Å². The quantitative estimate of drug-likeness (QED) is 0.487. The molecule has 0 radical (unpaired) electrons. The first-order valence-corrected chi connectivity index (χ1v) is 9.62. The van der Waals surface area contributed by atoms with Gasteiger partial charge in [0, 0.05) is 42.6 Å². The molecule has 0 aliphatic carbocycles. The topological polar surface area (TPSA) is 94.5 Å². The highest BCUT2D eigenvalue weighted by Crippen LogP contribution is 2.41. The Balaban J connectivity index is 1.43. The van der Waals surface area contributed by atoms with Crippen molar-refractivity contribution >= 4 is 28.4 Å². The predicted molar refractivity (Wildman–Crippen MR) is 105 cm³/mol. The van der Waals surface area contributed by atoms with Gasteiger partial charge in [0.15, 0.2) is 0 Å². The number of para-hydroxylation sites is 1. The minimum Gasteiger partial charge on any atom is -0.364 e. The van der Waals surface area contributed by atoms with Gasteiger partial charge in [-0.05, 0) is 18.6 Å². The molecule has 160 valence electrons. The third-order valence-electron chi connectivity index (χ3n) is 5.79. The number of benzene rings is 1. The summed E-state index contributed by atoms with van der Waals surface area (Å²) in [6.07, 6.45) is -1.12. The van der Waals surface area contributed by atoms with Crippen molar-refractivity contribution in [2.75, 3.05) is 22.9 Å². The predicted octanol–water partition coefficient (Wildman–Crippen LogP) is 2.63. The summed E-state index contributed by atoms with van der Waals surface area (Å²) in [7, 11) is 0. The van der Waals surface area contributed by atoms with Crippen LogP contribution in [-0.2, 0) is 6.18 Å². The number of pyridine rings is 1. The lowest BCUT2D eigenvalue weighted by atomic mass is 10.1. The number of amides is 1. The molecule has 3 aromatic rings. The summed E-state index contributed by atoms with van der Waals surface area (Å²) in [5.74, 6) is -0.261. The molecule has 0 spiro atoms. The van der Waals surface area contributed by atoms with Gasteiger partial charge >= 0.3 is 6.18 Å². The Labute approximate surface area is 174 Å². The van der Waals surface area contributed by atoms with E-state index in [-0.39, 0.29) is 17.6 Å². The van der Waals surface area contributed by atoms with Gasteiger partial charge < -0.3 is 9.80 Å². The summed E-state index contributed by atoms with van der Waals surface area (Å²) in [4.78, 5) is 27.7. The Morgan fingerprint density at radius 1 is 1.10 bits per heavy atom. The summed E-state index contributed by atoms with van der Waals surface area (Å²) >= 11 is 0. The molecule has 2 saturated heterocycles. The number of nitrogens with one attached hydrogen (secondary N) is 1. The largest absolute Gasteiger partial charge is 0.433 e. The van der Waals surface area contributed by atoms with E-state index < -0.39 is 17.8 Å². The number of hydrogen-bond acceptors (Lipinski definition) is 7. The molecular formula is C20H17F3N6O2. The highest BCUT2D eigenvalue weighted by Gasteiger charge is 2.45. The van der Waals surface area contributed by atoms with Crippen molar-refractivity contribution < 1.29 is 23.2 Å². The molecule has 2 aliphatic rings. The van der Waals surface area contributed by atoms with Crippen molar-refractivity contribution in [2.24, 2.45) is 0 Å². The SMILES string of the molecule is O=C(NO)c1cnc(N2C[C@@H]3C[C@H]2CN3c2cc(C(F)(F)F)nc3ccccc23)nc1. The number of piperazine rings is 1. The molecule has 0 unspecified atom stereocenters. The molecule has 2 bridgehead atoms. The zero-order valence-corrected chi connectivity index (χ0v) is 16.0. The maximum atomic E-state index is 13.4. The molecule has 31 heavy (non-hydrogen) atoms. The van der Waals surface area contributed by atoms with Gasteiger partial charge in [0.2, 0.25) is 5.95 Å². The Morgan fingerprint density at radius 2 is 1.77 bits per heavy atom. The van der Waals surface area contributed by atoms with Gasteiger partial charge in [-0.1, -0.05) is 18.2 Å². The van der Waals surface area contributed by atoms with Crippen LogP contribution in [0.15, 0.2) is 42.7 Å². The van der Waals surface area contributed by atoms with Crippen LogP contribution in [0.4, 0.5) is 24.8 Å². The summed E-state index contributed by atoms with van der Waals surface area (Å²) in [5.41, 5.74) is 1.59. The number of hydroxylamine groups is 1. The van der Waals surface area contributed by atoms with Crippen LogP contribution in [-0.4, -0.2) is 51.2 Å². The maximum Gasteiger partial charge on any atom is 0.433 e. The van der Waals surface area contributed by atoms with Crippen molar-refractivity contribution in [2.45, 2.75) is 24.7 Å². The van der Waals surface area contributed by atoms with Crippen LogP contribution in [0.5, 0.6) is 0 Å². The van der Waals surface area contributed by atoms with Crippen LogP contribution in [0.2, 0.25) is 0 Å². The van der Waals surface area contributed by atoms with Gasteiger partial charge in [0.25, 0.3) is 5.91 Å². The van der Waals surface area contributed by atoms with Crippen LogP contribution < -0.4 is 15.3 Å². The van der Waals surface area contributed by atoms with E-state index in [1.165, 1.54) is 17.9 Å². The first-order valence-electron chi connectivity index (χ1n) is 9.62. The van der Waals surface area contributed by atoms with Crippen molar-refractivity contribution in [1.29, 1.82) is 0 Å². The number of carbonyl (C=O) groups is 1. The Hall–Kier alpha value is -3.47. The van der Waals surface area contributed by atoms with Gasteiger partial charge in [0.1, 0.15) is 5.69 Å². The standard InChI is InChI=1S/C20H17F3N6O2/c21-20(22,23)17-6-16(14-3-1-2-4-15(14)26-17)28-9-13-5-12(28)10-29(13)19-24-7-11(8-25-19)18(30)27-31/h1-4,6-8,12-13,31H,5,9-10H2,(H,27,30)/t12-,13-/m0/s1. The average Bonchev–Trinajstić information content (AvgIpc) is 3.38. The monoisotopic (exact) mass is 430 g/mol. The molecule has 2 fully saturated rings. The third-order valence-corrected chi connectivity index (χ3v) is 5.79. The minimum atomic E-state index is -4.53. The van der Waals surface area contributed by atoms with E-state index in [1.807, 2.05) is 9.80 Å². The highest BCUT2D eigenvalue weighted by atomic mass is 19.4. The third kappa shape index (κ3) is 3.30. The minimum absolute atomic E-state index is 0.000840. The summed E-state index contributed by atoms with van der Waals surface area (Å²) < 4.78 is 40.3. The van der Waals surface area contributed by atoms with Crippen LogP contribution >= 0.6 is 0 Å². The van der Waals surface area contributed by atoms with E-state index in [9.17, 15) is 18.0 Å². The number of carbonyl (C=O) groups excluding carboxylic acids is 1. The van der Waals surface area contributed by atoms with Crippen LogP contribution in [0, 0.1) is 0 Å². The van der Waals surface area contributed by atoms with E-state index in [1.54, 1.807) is 24.3 Å². The van der Waals surface area contributed by atoms with E-state index in [0.717, 1.165) is 12.5 Å². The normalized spacial score (nSPS) is 20.5. The molecule has 1 amide bonds. The van der Waals surface area contributed by atoms with Gasteiger partial charge in [-0.3, -0.25) is 10.0 Å². The first kappa shape index (κ1) is 19.5. The van der Waals surface area contributed by atoms with Crippen LogP contribution in [0.1, 0.15) is 22.5 Å². The van der Waals surface area contributed by atoms with Gasteiger partial charge in [-0.2, -0.15) is 13.2 Å². The fourth-order valence-electron chi connectivity index (χ4n) is 4.40.